The molecule has 2 rings (SSSR count). The third-order valence-electron chi connectivity index (χ3n) is 5.07. The van der Waals surface area contributed by atoms with Gasteiger partial charge in [0.2, 0.25) is 0 Å². The van der Waals surface area contributed by atoms with Gasteiger partial charge in [-0.25, -0.2) is 0 Å². The Morgan fingerprint density at radius 3 is 2.24 bits per heavy atom. The van der Waals surface area contributed by atoms with Crippen LogP contribution in [0, 0.1) is 11.8 Å². The van der Waals surface area contributed by atoms with Crippen LogP contribution in [0.4, 0.5) is 0 Å². The van der Waals surface area contributed by atoms with Crippen LogP contribution in [0.2, 0.25) is 0 Å². The van der Waals surface area contributed by atoms with E-state index in [0.717, 1.165) is 23.9 Å². The van der Waals surface area contributed by atoms with E-state index in [-0.39, 0.29) is 0 Å². The van der Waals surface area contributed by atoms with E-state index in [1.807, 2.05) is 0 Å². The van der Waals surface area contributed by atoms with Crippen molar-refractivity contribution in [3.63, 3.8) is 0 Å². The van der Waals surface area contributed by atoms with Gasteiger partial charge in [0.1, 0.15) is 0 Å². The lowest BCUT2D eigenvalue weighted by atomic mass is 10.0. The molecule has 1 heterocycles. The molecule has 3 atom stereocenters. The van der Waals surface area contributed by atoms with Crippen LogP contribution in [0.25, 0.3) is 0 Å². The maximum atomic E-state index is 3.72. The number of hydrogen-bond acceptors (Lipinski definition) is 2. The topological polar surface area (TPSA) is 15.3 Å². The molecule has 0 amide bonds. The second kappa shape index (κ2) is 6.19. The van der Waals surface area contributed by atoms with Crippen LogP contribution in [0.15, 0.2) is 0 Å². The molecule has 0 aromatic carbocycles. The van der Waals surface area contributed by atoms with Gasteiger partial charge in [-0.15, -0.1) is 0 Å². The van der Waals surface area contributed by atoms with Crippen molar-refractivity contribution in [1.29, 1.82) is 0 Å². The van der Waals surface area contributed by atoms with E-state index in [2.05, 4.69) is 31.0 Å². The van der Waals surface area contributed by atoms with Crippen LogP contribution in [0.3, 0.4) is 0 Å². The minimum absolute atomic E-state index is 0.722. The highest BCUT2D eigenvalue weighted by Crippen LogP contribution is 2.38. The maximum absolute atomic E-state index is 3.72. The summed E-state index contributed by atoms with van der Waals surface area (Å²) in [4.78, 5) is 2.73. The molecule has 0 spiro atoms. The third-order valence-corrected chi connectivity index (χ3v) is 5.07. The molecule has 2 nitrogen and oxygen atoms in total. The molecule has 17 heavy (non-hydrogen) atoms. The zero-order valence-electron chi connectivity index (χ0n) is 11.9. The smallest absolute Gasteiger partial charge is 0.0192 e. The lowest BCUT2D eigenvalue weighted by Gasteiger charge is -2.27. The Hall–Kier alpha value is -0.0800. The van der Waals surface area contributed by atoms with Crippen molar-refractivity contribution in [2.24, 2.45) is 11.8 Å². The Balaban J connectivity index is 1.71. The highest BCUT2D eigenvalue weighted by Gasteiger charge is 2.37. The van der Waals surface area contributed by atoms with Gasteiger partial charge in [0, 0.05) is 31.7 Å². The molecular formula is C15H30N2. The largest absolute Gasteiger partial charge is 0.312 e. The van der Waals surface area contributed by atoms with Crippen molar-refractivity contribution in [3.05, 3.63) is 0 Å². The molecule has 1 saturated heterocycles. The second-order valence-corrected chi connectivity index (χ2v) is 6.18. The predicted molar refractivity (Wildman–Crippen MR) is 74.2 cm³/mol. The summed E-state index contributed by atoms with van der Waals surface area (Å²) in [6.07, 6.45) is 6.99. The van der Waals surface area contributed by atoms with Gasteiger partial charge in [-0.1, -0.05) is 20.3 Å². The summed E-state index contributed by atoms with van der Waals surface area (Å²) in [5, 5.41) is 3.72. The first-order valence-electron chi connectivity index (χ1n) is 7.72. The average Bonchev–Trinajstić information content (AvgIpc) is 2.90. The summed E-state index contributed by atoms with van der Waals surface area (Å²) in [6.45, 7) is 10.9. The maximum Gasteiger partial charge on any atom is 0.0192 e. The zero-order chi connectivity index (χ0) is 12.3. The first-order valence-corrected chi connectivity index (χ1v) is 7.72. The van der Waals surface area contributed by atoms with Gasteiger partial charge in [0.15, 0.2) is 0 Å². The molecule has 0 bridgehead atoms. The molecule has 2 heteroatoms. The third kappa shape index (κ3) is 3.23. The molecule has 2 aliphatic rings. The van der Waals surface area contributed by atoms with E-state index >= 15 is 0 Å². The molecule has 1 saturated carbocycles. The van der Waals surface area contributed by atoms with Crippen molar-refractivity contribution < 1.29 is 0 Å². The van der Waals surface area contributed by atoms with Gasteiger partial charge in [-0.3, -0.25) is 4.90 Å². The van der Waals surface area contributed by atoms with Crippen molar-refractivity contribution in [2.75, 3.05) is 19.6 Å². The molecule has 0 aromatic rings. The Bertz CT molecular complexity index is 213. The predicted octanol–water partition coefficient (Wildman–Crippen LogP) is 2.89. The molecule has 0 aromatic heterocycles. The number of rotatable bonds is 6. The van der Waals surface area contributed by atoms with E-state index in [9.17, 15) is 0 Å². The lowest BCUT2D eigenvalue weighted by molar-refractivity contribution is 0.227. The standard InChI is InChI=1S/C15H30N2/c1-4-15(5-2)16-9-12(3)17-10-13-7-6-8-14(13)11-17/h12-16H,4-11H2,1-3H3. The van der Waals surface area contributed by atoms with Crippen molar-refractivity contribution in [1.82, 2.24) is 10.2 Å². The molecule has 100 valence electrons. The van der Waals surface area contributed by atoms with Crippen molar-refractivity contribution >= 4 is 0 Å². The fourth-order valence-electron chi connectivity index (χ4n) is 3.67. The van der Waals surface area contributed by atoms with Gasteiger partial charge in [-0.05, 0) is 44.4 Å². The number of likely N-dealkylation sites (tertiary alicyclic amines) is 1. The van der Waals surface area contributed by atoms with E-state index in [1.54, 1.807) is 0 Å². The normalized spacial score (nSPS) is 31.1. The first-order chi connectivity index (χ1) is 8.24. The molecule has 0 radical (unpaired) electrons. The van der Waals surface area contributed by atoms with Crippen molar-refractivity contribution in [2.45, 2.75) is 65.0 Å². The highest BCUT2D eigenvalue weighted by molar-refractivity contribution is 4.90. The summed E-state index contributed by atoms with van der Waals surface area (Å²) in [5.41, 5.74) is 0. The number of hydrogen-bond donors (Lipinski definition) is 1. The zero-order valence-corrected chi connectivity index (χ0v) is 11.9. The monoisotopic (exact) mass is 238 g/mol. The fraction of sp³-hybridized carbons (Fsp3) is 1.00. The summed E-state index contributed by atoms with van der Waals surface area (Å²) >= 11 is 0. The molecule has 3 unspecified atom stereocenters. The van der Waals surface area contributed by atoms with Crippen LogP contribution in [0.1, 0.15) is 52.9 Å². The van der Waals surface area contributed by atoms with Crippen LogP contribution < -0.4 is 5.32 Å². The Morgan fingerprint density at radius 1 is 1.12 bits per heavy atom. The highest BCUT2D eigenvalue weighted by atomic mass is 15.2. The van der Waals surface area contributed by atoms with Crippen LogP contribution >= 0.6 is 0 Å². The second-order valence-electron chi connectivity index (χ2n) is 6.18. The molecule has 2 fully saturated rings. The minimum Gasteiger partial charge on any atom is -0.312 e. The summed E-state index contributed by atoms with van der Waals surface area (Å²) < 4.78 is 0. The van der Waals surface area contributed by atoms with Gasteiger partial charge in [0.25, 0.3) is 0 Å². The van der Waals surface area contributed by atoms with Crippen molar-refractivity contribution in [3.8, 4) is 0 Å². The minimum atomic E-state index is 0.722. The van der Waals surface area contributed by atoms with Crippen LogP contribution in [-0.4, -0.2) is 36.6 Å². The Morgan fingerprint density at radius 2 is 1.71 bits per heavy atom. The van der Waals surface area contributed by atoms with E-state index in [1.165, 1.54) is 51.7 Å². The van der Waals surface area contributed by atoms with Crippen LogP contribution in [-0.2, 0) is 0 Å². The van der Waals surface area contributed by atoms with E-state index < -0.39 is 0 Å². The van der Waals surface area contributed by atoms with Gasteiger partial charge >= 0.3 is 0 Å². The van der Waals surface area contributed by atoms with Gasteiger partial charge in [-0.2, -0.15) is 0 Å². The van der Waals surface area contributed by atoms with Gasteiger partial charge < -0.3 is 5.32 Å². The Kier molecular flexibility index (Phi) is 4.87. The number of nitrogens with one attached hydrogen (secondary N) is 1. The molecule has 1 N–H and O–H groups in total. The summed E-state index contributed by atoms with van der Waals surface area (Å²) in [6, 6.07) is 1.45. The lowest BCUT2D eigenvalue weighted by Crippen LogP contribution is -2.42. The summed E-state index contributed by atoms with van der Waals surface area (Å²) in [7, 11) is 0. The first kappa shape index (κ1) is 13.4. The quantitative estimate of drug-likeness (QED) is 0.765. The Labute approximate surface area is 107 Å². The number of nitrogens with zero attached hydrogens (tertiary/aromatic N) is 1. The number of fused-ring (bicyclic) bond motifs is 1. The fourth-order valence-corrected chi connectivity index (χ4v) is 3.67. The SMILES string of the molecule is CCC(CC)NCC(C)N1CC2CCCC2C1. The molecular weight excluding hydrogens is 208 g/mol. The molecule has 1 aliphatic heterocycles. The summed E-state index contributed by atoms with van der Waals surface area (Å²) in [5.74, 6) is 2.07. The van der Waals surface area contributed by atoms with E-state index in [0.29, 0.717) is 0 Å². The van der Waals surface area contributed by atoms with Gasteiger partial charge in [0.05, 0.1) is 0 Å². The van der Waals surface area contributed by atoms with E-state index in [4.69, 9.17) is 0 Å². The average molecular weight is 238 g/mol. The van der Waals surface area contributed by atoms with Crippen LogP contribution in [0.5, 0.6) is 0 Å². The molecule has 1 aliphatic carbocycles.